The summed E-state index contributed by atoms with van der Waals surface area (Å²) >= 11 is 0. The fourth-order valence-electron chi connectivity index (χ4n) is 2.44. The zero-order valence-corrected chi connectivity index (χ0v) is 12.4. The predicted molar refractivity (Wildman–Crippen MR) is 83.4 cm³/mol. The minimum absolute atomic E-state index is 0.0545. The van der Waals surface area contributed by atoms with Crippen LogP contribution in [0.5, 0.6) is 0 Å². The van der Waals surface area contributed by atoms with E-state index in [9.17, 15) is 27.5 Å². The third-order valence-electron chi connectivity index (χ3n) is 3.58. The van der Waals surface area contributed by atoms with Crippen molar-refractivity contribution >= 4 is 28.2 Å². The molecule has 0 aliphatic heterocycles. The molecule has 0 amide bonds. The van der Waals surface area contributed by atoms with E-state index in [1.807, 2.05) is 0 Å². The summed E-state index contributed by atoms with van der Waals surface area (Å²) in [5.41, 5.74) is -1.87. The van der Waals surface area contributed by atoms with Crippen LogP contribution in [0, 0.1) is 5.82 Å². The Morgan fingerprint density at radius 2 is 1.72 bits per heavy atom. The summed E-state index contributed by atoms with van der Waals surface area (Å²) in [5.74, 6) is -2.59. The molecule has 1 heterocycles. The molecule has 8 heteroatoms. The standard InChI is InChI=1S/C17H10F4N2O2/c18-14-12(17(19,20)21)6-3-7-13(14)23-15-10-5-2-1-4-9(10)11(8-22-15)16(24)25/h1-8H,(H,22,23)(H,24,25). The van der Waals surface area contributed by atoms with Crippen LogP contribution in [0.25, 0.3) is 10.8 Å². The van der Waals surface area contributed by atoms with Crippen molar-refractivity contribution < 1.29 is 27.5 Å². The lowest BCUT2D eigenvalue weighted by atomic mass is 10.1. The third kappa shape index (κ3) is 3.10. The average Bonchev–Trinajstić information content (AvgIpc) is 2.55. The van der Waals surface area contributed by atoms with E-state index in [1.165, 1.54) is 6.07 Å². The van der Waals surface area contributed by atoms with Crippen LogP contribution in [0.1, 0.15) is 15.9 Å². The summed E-state index contributed by atoms with van der Waals surface area (Å²) in [6.07, 6.45) is -3.76. The van der Waals surface area contributed by atoms with Gasteiger partial charge in [0.15, 0.2) is 5.82 Å². The second kappa shape index (κ2) is 6.04. The molecule has 3 aromatic rings. The molecule has 0 bridgehead atoms. The summed E-state index contributed by atoms with van der Waals surface area (Å²) in [4.78, 5) is 15.2. The summed E-state index contributed by atoms with van der Waals surface area (Å²) in [6.45, 7) is 0. The van der Waals surface area contributed by atoms with Crippen LogP contribution in [0.3, 0.4) is 0 Å². The third-order valence-corrected chi connectivity index (χ3v) is 3.58. The first kappa shape index (κ1) is 16.7. The molecule has 0 spiro atoms. The Hall–Kier alpha value is -3.16. The number of halogens is 4. The number of nitrogens with one attached hydrogen (secondary N) is 1. The number of benzene rings is 2. The van der Waals surface area contributed by atoms with E-state index < -0.39 is 29.2 Å². The van der Waals surface area contributed by atoms with Gasteiger partial charge in [0.05, 0.1) is 16.8 Å². The lowest BCUT2D eigenvalue weighted by Crippen LogP contribution is -2.10. The van der Waals surface area contributed by atoms with Gasteiger partial charge >= 0.3 is 12.1 Å². The highest BCUT2D eigenvalue weighted by atomic mass is 19.4. The highest BCUT2D eigenvalue weighted by molar-refractivity contribution is 6.06. The van der Waals surface area contributed by atoms with Gasteiger partial charge in [-0.3, -0.25) is 0 Å². The molecule has 0 saturated carbocycles. The molecule has 0 aliphatic carbocycles. The highest BCUT2D eigenvalue weighted by Gasteiger charge is 2.35. The maximum atomic E-state index is 14.2. The number of carbonyl (C=O) groups is 1. The first-order chi connectivity index (χ1) is 11.8. The van der Waals surface area contributed by atoms with Gasteiger partial charge < -0.3 is 10.4 Å². The van der Waals surface area contributed by atoms with E-state index in [0.29, 0.717) is 16.8 Å². The van der Waals surface area contributed by atoms with Gasteiger partial charge in [0.1, 0.15) is 5.82 Å². The van der Waals surface area contributed by atoms with Crippen molar-refractivity contribution in [3.8, 4) is 0 Å². The molecule has 1 aromatic heterocycles. The molecule has 25 heavy (non-hydrogen) atoms. The van der Waals surface area contributed by atoms with Crippen LogP contribution in [0.2, 0.25) is 0 Å². The minimum atomic E-state index is -4.83. The Bertz CT molecular complexity index is 971. The summed E-state index contributed by atoms with van der Waals surface area (Å²) in [6, 6.07) is 9.16. The molecule has 128 valence electrons. The molecule has 0 unspecified atom stereocenters. The molecule has 2 aromatic carbocycles. The van der Waals surface area contributed by atoms with Crippen LogP contribution in [-0.2, 0) is 6.18 Å². The normalized spacial score (nSPS) is 11.5. The number of carboxylic acid groups (broad SMARTS) is 1. The summed E-state index contributed by atoms with van der Waals surface area (Å²) < 4.78 is 52.6. The second-order valence-corrected chi connectivity index (χ2v) is 5.16. The van der Waals surface area contributed by atoms with E-state index in [2.05, 4.69) is 10.3 Å². The Balaban J connectivity index is 2.11. The van der Waals surface area contributed by atoms with Gasteiger partial charge in [0, 0.05) is 17.0 Å². The topological polar surface area (TPSA) is 62.2 Å². The average molecular weight is 350 g/mol. The number of anilines is 2. The molecular weight excluding hydrogens is 340 g/mol. The van der Waals surface area contributed by atoms with Crippen molar-refractivity contribution in [3.05, 3.63) is 65.6 Å². The van der Waals surface area contributed by atoms with Crippen molar-refractivity contribution in [1.29, 1.82) is 0 Å². The highest BCUT2D eigenvalue weighted by Crippen LogP contribution is 2.35. The van der Waals surface area contributed by atoms with Gasteiger partial charge in [0.25, 0.3) is 0 Å². The van der Waals surface area contributed by atoms with Gasteiger partial charge in [0.2, 0.25) is 0 Å². The number of aromatic nitrogens is 1. The van der Waals surface area contributed by atoms with Crippen molar-refractivity contribution in [2.45, 2.75) is 6.18 Å². The first-order valence-electron chi connectivity index (χ1n) is 7.03. The van der Waals surface area contributed by atoms with Crippen LogP contribution in [0.15, 0.2) is 48.7 Å². The Morgan fingerprint density at radius 1 is 1.04 bits per heavy atom. The Morgan fingerprint density at radius 3 is 2.36 bits per heavy atom. The zero-order valence-electron chi connectivity index (χ0n) is 12.4. The van der Waals surface area contributed by atoms with Crippen LogP contribution >= 0.6 is 0 Å². The maximum Gasteiger partial charge on any atom is 0.419 e. The van der Waals surface area contributed by atoms with E-state index in [0.717, 1.165) is 18.3 Å². The molecule has 3 rings (SSSR count). The summed E-state index contributed by atoms with van der Waals surface area (Å²) in [5, 5.41) is 12.4. The number of fused-ring (bicyclic) bond motifs is 1. The SMILES string of the molecule is O=C(O)c1cnc(Nc2cccc(C(F)(F)F)c2F)c2ccccc12. The zero-order chi connectivity index (χ0) is 18.2. The quantitative estimate of drug-likeness (QED) is 0.664. The number of nitrogens with zero attached hydrogens (tertiary/aromatic N) is 1. The van der Waals surface area contributed by atoms with Crippen LogP contribution in [-0.4, -0.2) is 16.1 Å². The van der Waals surface area contributed by atoms with Gasteiger partial charge in [-0.2, -0.15) is 13.2 Å². The lowest BCUT2D eigenvalue weighted by molar-refractivity contribution is -0.139. The van der Waals surface area contributed by atoms with E-state index in [4.69, 9.17) is 0 Å². The monoisotopic (exact) mass is 350 g/mol. The van der Waals surface area contributed by atoms with Crippen molar-refractivity contribution in [1.82, 2.24) is 4.98 Å². The number of hydrogen-bond donors (Lipinski definition) is 2. The molecular formula is C17H10F4N2O2. The molecule has 0 radical (unpaired) electrons. The minimum Gasteiger partial charge on any atom is -0.478 e. The van der Waals surface area contributed by atoms with Crippen molar-refractivity contribution in [2.24, 2.45) is 0 Å². The smallest absolute Gasteiger partial charge is 0.419 e. The number of pyridine rings is 1. The molecule has 0 atom stereocenters. The number of carboxylic acids is 1. The molecule has 2 N–H and O–H groups in total. The number of hydrogen-bond acceptors (Lipinski definition) is 3. The largest absolute Gasteiger partial charge is 0.478 e. The molecule has 4 nitrogen and oxygen atoms in total. The Kier molecular flexibility index (Phi) is 4.03. The lowest BCUT2D eigenvalue weighted by Gasteiger charge is -2.14. The van der Waals surface area contributed by atoms with Crippen molar-refractivity contribution in [3.63, 3.8) is 0 Å². The summed E-state index contributed by atoms with van der Waals surface area (Å²) in [7, 11) is 0. The van der Waals surface area contributed by atoms with E-state index in [1.54, 1.807) is 18.2 Å². The maximum absolute atomic E-state index is 14.2. The second-order valence-electron chi connectivity index (χ2n) is 5.16. The fraction of sp³-hybridized carbons (Fsp3) is 0.0588. The molecule has 0 saturated heterocycles. The molecule has 0 fully saturated rings. The van der Waals surface area contributed by atoms with E-state index >= 15 is 0 Å². The van der Waals surface area contributed by atoms with Crippen molar-refractivity contribution in [2.75, 3.05) is 5.32 Å². The Labute approximate surface area is 138 Å². The van der Waals surface area contributed by atoms with E-state index in [-0.39, 0.29) is 11.4 Å². The number of rotatable bonds is 3. The molecule has 0 aliphatic rings. The van der Waals surface area contributed by atoms with Gasteiger partial charge in [-0.1, -0.05) is 30.3 Å². The predicted octanol–water partition coefficient (Wildman–Crippen LogP) is 4.83. The van der Waals surface area contributed by atoms with Crippen LogP contribution in [0.4, 0.5) is 29.1 Å². The number of alkyl halides is 3. The fourth-order valence-corrected chi connectivity index (χ4v) is 2.44. The van der Waals surface area contributed by atoms with Crippen LogP contribution < -0.4 is 5.32 Å². The van der Waals surface area contributed by atoms with Gasteiger partial charge in [-0.15, -0.1) is 0 Å². The number of aromatic carboxylic acids is 1. The van der Waals surface area contributed by atoms with Gasteiger partial charge in [-0.05, 0) is 12.1 Å². The first-order valence-corrected chi connectivity index (χ1v) is 7.03. The van der Waals surface area contributed by atoms with Gasteiger partial charge in [-0.25, -0.2) is 14.2 Å².